The van der Waals surface area contributed by atoms with Gasteiger partial charge in [0.25, 0.3) is 0 Å². The molecule has 0 radical (unpaired) electrons. The third-order valence-corrected chi connectivity index (χ3v) is 3.12. The van der Waals surface area contributed by atoms with Crippen LogP contribution in [0.3, 0.4) is 0 Å². The van der Waals surface area contributed by atoms with Gasteiger partial charge in [-0.05, 0) is 42.8 Å². The van der Waals surface area contributed by atoms with Crippen molar-refractivity contribution >= 4 is 17.3 Å². The molecule has 3 nitrogen and oxygen atoms in total. The lowest BCUT2D eigenvalue weighted by atomic mass is 10.2. The zero-order valence-electron chi connectivity index (χ0n) is 11.2. The standard InChI is InChI=1S/C16H15ClN2O/c1-2-20-14-5-3-4-13(8-14)11-19-16-9-12(10-18)6-7-15(16)17/h3-9,19H,2,11H2,1H3. The van der Waals surface area contributed by atoms with Crippen LogP contribution in [-0.2, 0) is 6.54 Å². The van der Waals surface area contributed by atoms with Gasteiger partial charge in [-0.2, -0.15) is 5.26 Å². The fraction of sp³-hybridized carbons (Fsp3) is 0.188. The van der Waals surface area contributed by atoms with Crippen molar-refractivity contribution in [2.24, 2.45) is 0 Å². The van der Waals surface area contributed by atoms with Crippen molar-refractivity contribution in [2.75, 3.05) is 11.9 Å². The maximum absolute atomic E-state index is 8.90. The summed E-state index contributed by atoms with van der Waals surface area (Å²) in [6.07, 6.45) is 0. The Balaban J connectivity index is 2.09. The molecule has 1 N–H and O–H groups in total. The van der Waals surface area contributed by atoms with Crippen LogP contribution in [0.15, 0.2) is 42.5 Å². The van der Waals surface area contributed by atoms with Gasteiger partial charge in [0.1, 0.15) is 5.75 Å². The maximum atomic E-state index is 8.90. The quantitative estimate of drug-likeness (QED) is 0.895. The molecule has 0 fully saturated rings. The highest BCUT2D eigenvalue weighted by atomic mass is 35.5. The second-order valence-electron chi connectivity index (χ2n) is 4.24. The first-order valence-electron chi connectivity index (χ1n) is 6.38. The minimum absolute atomic E-state index is 0.583. The predicted octanol–water partition coefficient (Wildman–Crippen LogP) is 4.22. The number of anilines is 1. The Morgan fingerprint density at radius 3 is 2.85 bits per heavy atom. The molecule has 0 atom stereocenters. The van der Waals surface area contributed by atoms with Gasteiger partial charge in [-0.25, -0.2) is 0 Å². The molecule has 0 bridgehead atoms. The number of ether oxygens (including phenoxy) is 1. The Morgan fingerprint density at radius 2 is 2.10 bits per heavy atom. The molecule has 102 valence electrons. The number of rotatable bonds is 5. The van der Waals surface area contributed by atoms with Gasteiger partial charge in [-0.3, -0.25) is 0 Å². The lowest BCUT2D eigenvalue weighted by Gasteiger charge is -2.10. The third-order valence-electron chi connectivity index (χ3n) is 2.79. The second kappa shape index (κ2) is 6.83. The molecule has 0 amide bonds. The van der Waals surface area contributed by atoms with Crippen LogP contribution in [0.2, 0.25) is 5.02 Å². The Hall–Kier alpha value is -2.18. The largest absolute Gasteiger partial charge is 0.494 e. The van der Waals surface area contributed by atoms with Crippen LogP contribution in [0.4, 0.5) is 5.69 Å². The van der Waals surface area contributed by atoms with Gasteiger partial charge < -0.3 is 10.1 Å². The van der Waals surface area contributed by atoms with Crippen LogP contribution in [0.5, 0.6) is 5.75 Å². The number of benzene rings is 2. The van der Waals surface area contributed by atoms with Crippen molar-refractivity contribution in [3.05, 3.63) is 58.6 Å². The molecule has 4 heteroatoms. The van der Waals surface area contributed by atoms with Crippen molar-refractivity contribution in [3.8, 4) is 11.8 Å². The average Bonchev–Trinajstić information content (AvgIpc) is 2.47. The van der Waals surface area contributed by atoms with E-state index < -0.39 is 0 Å². The van der Waals surface area contributed by atoms with Gasteiger partial charge in [-0.15, -0.1) is 0 Å². The van der Waals surface area contributed by atoms with E-state index in [1.54, 1.807) is 18.2 Å². The van der Waals surface area contributed by atoms with E-state index in [2.05, 4.69) is 11.4 Å². The average molecular weight is 287 g/mol. The molecule has 0 unspecified atom stereocenters. The highest BCUT2D eigenvalue weighted by Gasteiger charge is 2.02. The van der Waals surface area contributed by atoms with E-state index >= 15 is 0 Å². The highest BCUT2D eigenvalue weighted by molar-refractivity contribution is 6.33. The first-order chi connectivity index (χ1) is 9.72. The lowest BCUT2D eigenvalue weighted by Crippen LogP contribution is -2.01. The number of nitrogens with zero attached hydrogens (tertiary/aromatic N) is 1. The van der Waals surface area contributed by atoms with Crippen LogP contribution in [0, 0.1) is 11.3 Å². The number of nitriles is 1. The molecule has 2 rings (SSSR count). The van der Waals surface area contributed by atoms with Gasteiger partial charge in [0.05, 0.1) is 28.9 Å². The molecule has 20 heavy (non-hydrogen) atoms. The van der Waals surface area contributed by atoms with Crippen LogP contribution >= 0.6 is 11.6 Å². The first-order valence-corrected chi connectivity index (χ1v) is 6.76. The summed E-state index contributed by atoms with van der Waals surface area (Å²) in [5.74, 6) is 0.851. The number of halogens is 1. The van der Waals surface area contributed by atoms with Crippen molar-refractivity contribution in [1.82, 2.24) is 0 Å². The van der Waals surface area contributed by atoms with E-state index in [1.807, 2.05) is 31.2 Å². The van der Waals surface area contributed by atoms with E-state index in [0.29, 0.717) is 23.7 Å². The minimum Gasteiger partial charge on any atom is -0.494 e. The Morgan fingerprint density at radius 1 is 1.25 bits per heavy atom. The molecule has 0 heterocycles. The van der Waals surface area contributed by atoms with Gasteiger partial charge in [-0.1, -0.05) is 23.7 Å². The molecule has 0 saturated carbocycles. The summed E-state index contributed by atoms with van der Waals surface area (Å²) in [6.45, 7) is 3.22. The second-order valence-corrected chi connectivity index (χ2v) is 4.65. The molecule has 2 aromatic rings. The minimum atomic E-state index is 0.583. The SMILES string of the molecule is CCOc1cccc(CNc2cc(C#N)ccc2Cl)c1. The number of hydrogen-bond acceptors (Lipinski definition) is 3. The molecular weight excluding hydrogens is 272 g/mol. The first kappa shape index (κ1) is 14.2. The van der Waals surface area contributed by atoms with E-state index in [-0.39, 0.29) is 0 Å². The van der Waals surface area contributed by atoms with E-state index in [9.17, 15) is 0 Å². The van der Waals surface area contributed by atoms with Crippen molar-refractivity contribution in [2.45, 2.75) is 13.5 Å². The summed E-state index contributed by atoms with van der Waals surface area (Å²) >= 11 is 6.10. The monoisotopic (exact) mass is 286 g/mol. The molecular formula is C16H15ClN2O. The predicted molar refractivity (Wildman–Crippen MR) is 81.1 cm³/mol. The molecule has 2 aromatic carbocycles. The summed E-state index contributed by atoms with van der Waals surface area (Å²) in [5, 5.41) is 12.7. The number of nitrogens with one attached hydrogen (secondary N) is 1. The molecule has 0 aliphatic heterocycles. The summed E-state index contributed by atoms with van der Waals surface area (Å²) in [6, 6.07) is 15.1. The van der Waals surface area contributed by atoms with Crippen LogP contribution in [-0.4, -0.2) is 6.61 Å². The Kier molecular flexibility index (Phi) is 4.86. The Labute approximate surface area is 123 Å². The smallest absolute Gasteiger partial charge is 0.119 e. The number of hydrogen-bond donors (Lipinski definition) is 1. The fourth-order valence-corrected chi connectivity index (χ4v) is 2.02. The van der Waals surface area contributed by atoms with E-state index in [1.165, 1.54) is 0 Å². The topological polar surface area (TPSA) is 45.0 Å². The van der Waals surface area contributed by atoms with Crippen LogP contribution in [0.1, 0.15) is 18.1 Å². The fourth-order valence-electron chi connectivity index (χ4n) is 1.84. The van der Waals surface area contributed by atoms with Crippen LogP contribution < -0.4 is 10.1 Å². The maximum Gasteiger partial charge on any atom is 0.119 e. The van der Waals surface area contributed by atoms with Gasteiger partial charge in [0.2, 0.25) is 0 Å². The van der Waals surface area contributed by atoms with Crippen molar-refractivity contribution in [3.63, 3.8) is 0 Å². The van der Waals surface area contributed by atoms with Crippen molar-refractivity contribution < 1.29 is 4.74 Å². The van der Waals surface area contributed by atoms with E-state index in [4.69, 9.17) is 21.6 Å². The third kappa shape index (κ3) is 3.66. The zero-order chi connectivity index (χ0) is 14.4. The molecule has 0 aliphatic carbocycles. The van der Waals surface area contributed by atoms with Gasteiger partial charge in [0.15, 0.2) is 0 Å². The van der Waals surface area contributed by atoms with Gasteiger partial charge in [0, 0.05) is 6.54 Å². The summed E-state index contributed by atoms with van der Waals surface area (Å²) < 4.78 is 5.46. The Bertz CT molecular complexity index is 635. The van der Waals surface area contributed by atoms with Crippen molar-refractivity contribution in [1.29, 1.82) is 5.26 Å². The van der Waals surface area contributed by atoms with Gasteiger partial charge >= 0.3 is 0 Å². The molecule has 0 aromatic heterocycles. The highest BCUT2D eigenvalue weighted by Crippen LogP contribution is 2.24. The summed E-state index contributed by atoms with van der Waals surface area (Å²) in [5.41, 5.74) is 2.43. The normalized spacial score (nSPS) is 9.85. The lowest BCUT2D eigenvalue weighted by molar-refractivity contribution is 0.340. The summed E-state index contributed by atoms with van der Waals surface area (Å²) in [4.78, 5) is 0. The zero-order valence-corrected chi connectivity index (χ0v) is 11.9. The molecule has 0 saturated heterocycles. The molecule has 0 spiro atoms. The van der Waals surface area contributed by atoms with Crippen LogP contribution in [0.25, 0.3) is 0 Å². The summed E-state index contributed by atoms with van der Waals surface area (Å²) in [7, 11) is 0. The molecule has 0 aliphatic rings. The van der Waals surface area contributed by atoms with E-state index in [0.717, 1.165) is 17.0 Å².